The summed E-state index contributed by atoms with van der Waals surface area (Å²) in [5.74, 6) is 0.324. The smallest absolute Gasteiger partial charge is 0.373 e. The Labute approximate surface area is 133 Å². The summed E-state index contributed by atoms with van der Waals surface area (Å²) in [7, 11) is 1.31. The minimum atomic E-state index is -0.594. The normalized spacial score (nSPS) is 11.7. The SMILES string of the molecule is COC(=O)c1ccc(CNC(C)c2ccc(NC(N)=O)cc2)o1. The van der Waals surface area contributed by atoms with Crippen molar-refractivity contribution in [2.75, 3.05) is 12.4 Å². The van der Waals surface area contributed by atoms with E-state index in [1.165, 1.54) is 7.11 Å². The Morgan fingerprint density at radius 2 is 1.91 bits per heavy atom. The van der Waals surface area contributed by atoms with E-state index in [-0.39, 0.29) is 11.8 Å². The van der Waals surface area contributed by atoms with E-state index >= 15 is 0 Å². The number of carbonyl (C=O) groups is 2. The lowest BCUT2D eigenvalue weighted by atomic mass is 10.1. The van der Waals surface area contributed by atoms with Gasteiger partial charge in [0.05, 0.1) is 13.7 Å². The largest absolute Gasteiger partial charge is 0.463 e. The number of nitrogens with one attached hydrogen (secondary N) is 2. The highest BCUT2D eigenvalue weighted by molar-refractivity contribution is 5.87. The number of benzene rings is 1. The standard InChI is InChI=1S/C16H19N3O4/c1-10(11-3-5-12(6-4-11)19-16(17)21)18-9-13-7-8-14(23-13)15(20)22-2/h3-8,10,18H,9H2,1-2H3,(H3,17,19,21). The van der Waals surface area contributed by atoms with E-state index in [0.29, 0.717) is 18.0 Å². The summed E-state index contributed by atoms with van der Waals surface area (Å²) in [6.07, 6.45) is 0. The van der Waals surface area contributed by atoms with Crippen LogP contribution >= 0.6 is 0 Å². The summed E-state index contributed by atoms with van der Waals surface area (Å²) in [5, 5.41) is 5.80. The second kappa shape index (κ2) is 7.46. The van der Waals surface area contributed by atoms with E-state index in [1.54, 1.807) is 24.3 Å². The van der Waals surface area contributed by atoms with Crippen LogP contribution in [0.1, 0.15) is 34.8 Å². The van der Waals surface area contributed by atoms with Gasteiger partial charge in [-0.15, -0.1) is 0 Å². The summed E-state index contributed by atoms with van der Waals surface area (Å²) in [5.41, 5.74) is 6.74. The van der Waals surface area contributed by atoms with Gasteiger partial charge in [0.15, 0.2) is 0 Å². The van der Waals surface area contributed by atoms with Gasteiger partial charge in [0, 0.05) is 11.7 Å². The summed E-state index contributed by atoms with van der Waals surface area (Å²) in [6.45, 7) is 2.47. The number of rotatable bonds is 6. The third kappa shape index (κ3) is 4.58. The first kappa shape index (κ1) is 16.6. The first-order valence-corrected chi connectivity index (χ1v) is 7.06. The van der Waals surface area contributed by atoms with Crippen LogP contribution in [0.15, 0.2) is 40.8 Å². The van der Waals surface area contributed by atoms with Crippen molar-refractivity contribution >= 4 is 17.7 Å². The average Bonchev–Trinajstić information content (AvgIpc) is 3.01. The number of furan rings is 1. The van der Waals surface area contributed by atoms with E-state index in [1.807, 2.05) is 19.1 Å². The molecule has 0 bridgehead atoms. The fourth-order valence-electron chi connectivity index (χ4n) is 2.05. The Morgan fingerprint density at radius 3 is 2.52 bits per heavy atom. The van der Waals surface area contributed by atoms with Crippen molar-refractivity contribution in [2.45, 2.75) is 19.5 Å². The number of esters is 1. The van der Waals surface area contributed by atoms with Gasteiger partial charge in [-0.25, -0.2) is 9.59 Å². The van der Waals surface area contributed by atoms with Gasteiger partial charge in [-0.3, -0.25) is 0 Å². The molecule has 122 valence electrons. The van der Waals surface area contributed by atoms with Crippen molar-refractivity contribution in [3.8, 4) is 0 Å². The molecule has 0 saturated carbocycles. The molecule has 2 aromatic rings. The van der Waals surface area contributed by atoms with E-state index in [4.69, 9.17) is 10.2 Å². The van der Waals surface area contributed by atoms with Crippen LogP contribution in [0, 0.1) is 0 Å². The first-order valence-electron chi connectivity index (χ1n) is 7.06. The zero-order valence-corrected chi connectivity index (χ0v) is 13.0. The molecule has 1 aromatic carbocycles. The van der Waals surface area contributed by atoms with E-state index in [0.717, 1.165) is 5.56 Å². The Morgan fingerprint density at radius 1 is 1.22 bits per heavy atom. The summed E-state index contributed by atoms with van der Waals surface area (Å²) >= 11 is 0. The Kier molecular flexibility index (Phi) is 5.37. The molecule has 0 spiro atoms. The minimum absolute atomic E-state index is 0.0595. The molecule has 1 heterocycles. The van der Waals surface area contributed by atoms with Gasteiger partial charge in [0.1, 0.15) is 5.76 Å². The van der Waals surface area contributed by atoms with Crippen LogP contribution in [0.2, 0.25) is 0 Å². The summed E-state index contributed by atoms with van der Waals surface area (Å²) < 4.78 is 9.98. The maximum absolute atomic E-state index is 11.3. The molecule has 0 aliphatic rings. The molecule has 23 heavy (non-hydrogen) atoms. The van der Waals surface area contributed by atoms with Crippen LogP contribution in [0.5, 0.6) is 0 Å². The molecule has 0 aliphatic carbocycles. The second-order valence-electron chi connectivity index (χ2n) is 4.97. The zero-order valence-electron chi connectivity index (χ0n) is 13.0. The minimum Gasteiger partial charge on any atom is -0.463 e. The number of nitrogens with two attached hydrogens (primary N) is 1. The van der Waals surface area contributed by atoms with Gasteiger partial charge in [0.25, 0.3) is 0 Å². The van der Waals surface area contributed by atoms with Gasteiger partial charge in [-0.2, -0.15) is 0 Å². The van der Waals surface area contributed by atoms with Gasteiger partial charge in [0.2, 0.25) is 5.76 Å². The number of amides is 2. The molecule has 1 aromatic heterocycles. The highest BCUT2D eigenvalue weighted by atomic mass is 16.5. The number of primary amides is 1. The molecule has 1 unspecified atom stereocenters. The van der Waals surface area contributed by atoms with Crippen LogP contribution < -0.4 is 16.4 Å². The number of hydrogen-bond acceptors (Lipinski definition) is 5. The third-order valence-corrected chi connectivity index (χ3v) is 3.31. The molecular weight excluding hydrogens is 298 g/mol. The van der Waals surface area contributed by atoms with Crippen molar-refractivity contribution < 1.29 is 18.7 Å². The number of methoxy groups -OCH3 is 1. The van der Waals surface area contributed by atoms with Crippen molar-refractivity contribution in [1.29, 1.82) is 0 Å². The highest BCUT2D eigenvalue weighted by Crippen LogP contribution is 2.17. The van der Waals surface area contributed by atoms with Gasteiger partial charge in [-0.1, -0.05) is 12.1 Å². The van der Waals surface area contributed by atoms with Crippen LogP contribution in [0.3, 0.4) is 0 Å². The molecule has 0 fully saturated rings. The molecule has 1 atom stereocenters. The zero-order chi connectivity index (χ0) is 16.8. The Balaban J connectivity index is 1.91. The molecule has 4 N–H and O–H groups in total. The third-order valence-electron chi connectivity index (χ3n) is 3.31. The Hall–Kier alpha value is -2.80. The average molecular weight is 317 g/mol. The van der Waals surface area contributed by atoms with Crippen LogP contribution in [-0.2, 0) is 11.3 Å². The molecule has 0 aliphatic heterocycles. The first-order chi connectivity index (χ1) is 11.0. The quantitative estimate of drug-likeness (QED) is 0.709. The number of anilines is 1. The summed E-state index contributed by atoms with van der Waals surface area (Å²) in [4.78, 5) is 22.1. The second-order valence-corrected chi connectivity index (χ2v) is 4.97. The predicted molar refractivity (Wildman–Crippen MR) is 85.0 cm³/mol. The molecule has 2 amide bonds. The van der Waals surface area contributed by atoms with Gasteiger partial charge < -0.3 is 25.5 Å². The number of ether oxygens (including phenoxy) is 1. The van der Waals surface area contributed by atoms with Gasteiger partial charge in [-0.05, 0) is 36.8 Å². The molecule has 0 saturated heterocycles. The number of urea groups is 1. The van der Waals surface area contributed by atoms with Crippen LogP contribution in [-0.4, -0.2) is 19.1 Å². The van der Waals surface area contributed by atoms with Crippen molar-refractivity contribution in [2.24, 2.45) is 5.73 Å². The van der Waals surface area contributed by atoms with E-state index in [9.17, 15) is 9.59 Å². The molecule has 7 heteroatoms. The van der Waals surface area contributed by atoms with E-state index in [2.05, 4.69) is 15.4 Å². The number of carbonyl (C=O) groups excluding carboxylic acids is 2. The molecular formula is C16H19N3O4. The van der Waals surface area contributed by atoms with Gasteiger partial charge >= 0.3 is 12.0 Å². The topological polar surface area (TPSA) is 107 Å². The maximum Gasteiger partial charge on any atom is 0.373 e. The number of hydrogen-bond donors (Lipinski definition) is 3. The lowest BCUT2D eigenvalue weighted by Gasteiger charge is -2.14. The van der Waals surface area contributed by atoms with Crippen molar-refractivity contribution in [1.82, 2.24) is 5.32 Å². The van der Waals surface area contributed by atoms with Crippen LogP contribution in [0.25, 0.3) is 0 Å². The maximum atomic E-state index is 11.3. The molecule has 0 radical (unpaired) electrons. The molecule has 7 nitrogen and oxygen atoms in total. The van der Waals surface area contributed by atoms with Crippen molar-refractivity contribution in [3.63, 3.8) is 0 Å². The van der Waals surface area contributed by atoms with Crippen LogP contribution in [0.4, 0.5) is 10.5 Å². The monoisotopic (exact) mass is 317 g/mol. The highest BCUT2D eigenvalue weighted by Gasteiger charge is 2.12. The summed E-state index contributed by atoms with van der Waals surface area (Å²) in [6, 6.07) is 10.1. The van der Waals surface area contributed by atoms with E-state index < -0.39 is 12.0 Å². The lowest BCUT2D eigenvalue weighted by Crippen LogP contribution is -2.20. The fourth-order valence-corrected chi connectivity index (χ4v) is 2.05. The van der Waals surface area contributed by atoms with Crippen molar-refractivity contribution in [3.05, 3.63) is 53.5 Å². The Bertz CT molecular complexity index is 679. The molecule has 2 rings (SSSR count). The lowest BCUT2D eigenvalue weighted by molar-refractivity contribution is 0.0562. The fraction of sp³-hybridized carbons (Fsp3) is 0.250. The predicted octanol–water partition coefficient (Wildman–Crippen LogP) is 2.41.